The third-order valence-electron chi connectivity index (χ3n) is 6.03. The Morgan fingerprint density at radius 3 is 2.83 bits per heavy atom. The van der Waals surface area contributed by atoms with Crippen molar-refractivity contribution >= 4 is 22.8 Å². The first-order valence-corrected chi connectivity index (χ1v) is 9.75. The van der Waals surface area contributed by atoms with Gasteiger partial charge in [-0.2, -0.15) is 0 Å². The van der Waals surface area contributed by atoms with Gasteiger partial charge in [0, 0.05) is 17.1 Å². The highest BCUT2D eigenvalue weighted by Crippen LogP contribution is 2.33. The maximum atomic E-state index is 14.1. The van der Waals surface area contributed by atoms with Crippen molar-refractivity contribution in [1.29, 1.82) is 0 Å². The molecule has 3 aromatic rings. The fourth-order valence-corrected chi connectivity index (χ4v) is 4.44. The van der Waals surface area contributed by atoms with E-state index in [2.05, 4.69) is 16.4 Å². The molecule has 5 nitrogen and oxygen atoms in total. The molecule has 5 rings (SSSR count). The number of aryl methyl sites for hydroxylation is 2. The van der Waals surface area contributed by atoms with Crippen LogP contribution in [0.1, 0.15) is 35.6 Å². The summed E-state index contributed by atoms with van der Waals surface area (Å²) in [6.45, 7) is 1.70. The van der Waals surface area contributed by atoms with Gasteiger partial charge >= 0.3 is 6.03 Å². The van der Waals surface area contributed by atoms with Crippen molar-refractivity contribution in [1.82, 2.24) is 15.2 Å². The summed E-state index contributed by atoms with van der Waals surface area (Å²) in [7, 11) is 0. The van der Waals surface area contributed by atoms with Crippen molar-refractivity contribution in [2.24, 2.45) is 0 Å². The summed E-state index contributed by atoms with van der Waals surface area (Å²) in [5.74, 6) is -0.761. The third kappa shape index (κ3) is 2.78. The molecule has 1 aliphatic carbocycles. The number of urea groups is 1. The second-order valence-corrected chi connectivity index (χ2v) is 7.92. The van der Waals surface area contributed by atoms with Crippen molar-refractivity contribution < 1.29 is 14.0 Å². The molecular formula is C23H20FN3O2. The van der Waals surface area contributed by atoms with E-state index in [1.165, 1.54) is 23.3 Å². The molecule has 0 radical (unpaired) electrons. The quantitative estimate of drug-likeness (QED) is 0.693. The lowest BCUT2D eigenvalue weighted by Gasteiger charge is -2.23. The number of carbonyl (C=O) groups excluding carboxylic acids is 2. The molecule has 1 fully saturated rings. The minimum Gasteiger partial charge on any atom is -0.319 e. The molecule has 2 aromatic carbocycles. The normalized spacial score (nSPS) is 21.0. The van der Waals surface area contributed by atoms with E-state index in [0.29, 0.717) is 16.5 Å². The number of pyridine rings is 1. The molecule has 6 heteroatoms. The molecule has 1 atom stereocenters. The number of amides is 3. The second-order valence-electron chi connectivity index (χ2n) is 7.92. The molecule has 1 aromatic heterocycles. The van der Waals surface area contributed by atoms with Crippen LogP contribution < -0.4 is 5.32 Å². The van der Waals surface area contributed by atoms with Crippen molar-refractivity contribution in [2.45, 2.75) is 38.3 Å². The molecule has 0 saturated carbocycles. The third-order valence-corrected chi connectivity index (χ3v) is 6.03. The summed E-state index contributed by atoms with van der Waals surface area (Å²) in [4.78, 5) is 31.5. The summed E-state index contributed by atoms with van der Waals surface area (Å²) < 4.78 is 14.1. The monoisotopic (exact) mass is 389 g/mol. The number of imide groups is 1. The molecule has 0 bridgehead atoms. The zero-order valence-electron chi connectivity index (χ0n) is 16.0. The van der Waals surface area contributed by atoms with Gasteiger partial charge in [-0.3, -0.25) is 14.7 Å². The van der Waals surface area contributed by atoms with Gasteiger partial charge in [0.15, 0.2) is 0 Å². The van der Waals surface area contributed by atoms with E-state index in [1.54, 1.807) is 25.3 Å². The van der Waals surface area contributed by atoms with Gasteiger partial charge < -0.3 is 5.32 Å². The van der Waals surface area contributed by atoms with Crippen LogP contribution in [0.4, 0.5) is 9.18 Å². The predicted octanol–water partition coefficient (Wildman–Crippen LogP) is 3.83. The summed E-state index contributed by atoms with van der Waals surface area (Å²) in [5.41, 5.74) is 3.28. The topological polar surface area (TPSA) is 62.3 Å². The molecule has 1 unspecified atom stereocenters. The average molecular weight is 389 g/mol. The lowest BCUT2D eigenvalue weighted by Crippen LogP contribution is -2.41. The van der Waals surface area contributed by atoms with Gasteiger partial charge in [0.25, 0.3) is 5.91 Å². The Morgan fingerprint density at radius 2 is 1.97 bits per heavy atom. The second kappa shape index (κ2) is 6.37. The zero-order valence-corrected chi connectivity index (χ0v) is 16.0. The number of benzene rings is 2. The van der Waals surface area contributed by atoms with Gasteiger partial charge in [-0.25, -0.2) is 9.18 Å². The van der Waals surface area contributed by atoms with E-state index in [9.17, 15) is 14.0 Å². The van der Waals surface area contributed by atoms with Gasteiger partial charge in [-0.1, -0.05) is 24.3 Å². The number of hydrogen-bond acceptors (Lipinski definition) is 3. The van der Waals surface area contributed by atoms with Crippen molar-refractivity contribution in [3.8, 4) is 0 Å². The lowest BCUT2D eigenvalue weighted by atomic mass is 9.89. The number of fused-ring (bicyclic) bond motifs is 2. The Hall–Kier alpha value is -3.28. The first-order valence-electron chi connectivity index (χ1n) is 9.75. The number of halogens is 1. The minimum absolute atomic E-state index is 0.0313. The SMILES string of the molecule is CC1(c2ccc3c(c2)CCC3)NC(=O)N(Cc2cc(F)cc3cccnc23)C1=O. The fraction of sp³-hybridized carbons (Fsp3) is 0.261. The van der Waals surface area contributed by atoms with E-state index in [1.807, 2.05) is 12.1 Å². The van der Waals surface area contributed by atoms with Crippen LogP contribution in [-0.2, 0) is 29.7 Å². The molecule has 146 valence electrons. The molecule has 1 saturated heterocycles. The van der Waals surface area contributed by atoms with Crippen LogP contribution in [0.15, 0.2) is 48.7 Å². The Kier molecular flexibility index (Phi) is 3.91. The highest BCUT2D eigenvalue weighted by molar-refractivity contribution is 6.07. The van der Waals surface area contributed by atoms with E-state index >= 15 is 0 Å². The molecular weight excluding hydrogens is 369 g/mol. The maximum Gasteiger partial charge on any atom is 0.325 e. The molecule has 0 spiro atoms. The fourth-order valence-electron chi connectivity index (χ4n) is 4.44. The van der Waals surface area contributed by atoms with Gasteiger partial charge in [0.2, 0.25) is 0 Å². The molecule has 3 amide bonds. The van der Waals surface area contributed by atoms with E-state index in [-0.39, 0.29) is 12.5 Å². The first-order chi connectivity index (χ1) is 14.0. The van der Waals surface area contributed by atoms with E-state index in [4.69, 9.17) is 0 Å². The summed E-state index contributed by atoms with van der Waals surface area (Å²) in [5, 5.41) is 3.48. The number of nitrogens with zero attached hydrogens (tertiary/aromatic N) is 2. The Morgan fingerprint density at radius 1 is 1.14 bits per heavy atom. The Balaban J connectivity index is 1.50. The smallest absolute Gasteiger partial charge is 0.319 e. The van der Waals surface area contributed by atoms with Crippen LogP contribution in [0.2, 0.25) is 0 Å². The summed E-state index contributed by atoms with van der Waals surface area (Å²) in [6, 6.07) is 11.7. The van der Waals surface area contributed by atoms with Crippen LogP contribution >= 0.6 is 0 Å². The van der Waals surface area contributed by atoms with Crippen LogP contribution in [0, 0.1) is 5.82 Å². The number of carbonyl (C=O) groups is 2. The lowest BCUT2D eigenvalue weighted by molar-refractivity contribution is -0.131. The number of nitrogens with one attached hydrogen (secondary N) is 1. The van der Waals surface area contributed by atoms with Crippen molar-refractivity contribution in [3.05, 3.63) is 76.7 Å². The zero-order chi connectivity index (χ0) is 20.2. The largest absolute Gasteiger partial charge is 0.325 e. The first kappa shape index (κ1) is 17.8. The average Bonchev–Trinajstić information content (AvgIpc) is 3.26. The molecule has 1 N–H and O–H groups in total. The number of rotatable bonds is 3. The van der Waals surface area contributed by atoms with Crippen LogP contribution in [0.3, 0.4) is 0 Å². The molecule has 29 heavy (non-hydrogen) atoms. The van der Waals surface area contributed by atoms with Gasteiger partial charge in [0.1, 0.15) is 11.4 Å². The molecule has 2 heterocycles. The summed E-state index contributed by atoms with van der Waals surface area (Å²) >= 11 is 0. The number of hydrogen-bond donors (Lipinski definition) is 1. The van der Waals surface area contributed by atoms with Crippen LogP contribution in [-0.4, -0.2) is 21.8 Å². The van der Waals surface area contributed by atoms with Crippen LogP contribution in [0.5, 0.6) is 0 Å². The van der Waals surface area contributed by atoms with Crippen LogP contribution in [0.25, 0.3) is 10.9 Å². The van der Waals surface area contributed by atoms with E-state index < -0.39 is 17.4 Å². The molecule has 2 aliphatic rings. The summed E-state index contributed by atoms with van der Waals surface area (Å²) in [6.07, 6.45) is 4.77. The molecule has 1 aliphatic heterocycles. The van der Waals surface area contributed by atoms with Gasteiger partial charge in [0.05, 0.1) is 12.1 Å². The Labute approximate surface area is 167 Å². The van der Waals surface area contributed by atoms with E-state index in [0.717, 1.165) is 29.7 Å². The van der Waals surface area contributed by atoms with Crippen molar-refractivity contribution in [3.63, 3.8) is 0 Å². The van der Waals surface area contributed by atoms with Crippen molar-refractivity contribution in [2.75, 3.05) is 0 Å². The standard InChI is InChI=1S/C23H20FN3O2/c1-23(18-8-7-14-4-2-5-15(14)10-18)21(28)27(22(29)26-23)13-17-12-19(24)11-16-6-3-9-25-20(16)17/h3,6-12H,2,4-5,13H2,1H3,(H,26,29). The van der Waals surface area contributed by atoms with Gasteiger partial charge in [-0.05, 0) is 61.1 Å². The Bertz CT molecular complexity index is 1180. The highest BCUT2D eigenvalue weighted by Gasteiger charge is 2.49. The highest BCUT2D eigenvalue weighted by atomic mass is 19.1. The predicted molar refractivity (Wildman–Crippen MR) is 107 cm³/mol. The minimum atomic E-state index is -1.13. The number of aromatic nitrogens is 1. The maximum absolute atomic E-state index is 14.1. The van der Waals surface area contributed by atoms with Gasteiger partial charge in [-0.15, -0.1) is 0 Å².